The van der Waals surface area contributed by atoms with E-state index < -0.39 is 10.0 Å². The maximum atomic E-state index is 12.5. The molecule has 0 aliphatic carbocycles. The van der Waals surface area contributed by atoms with Crippen LogP contribution in [0.15, 0.2) is 33.6 Å². The Morgan fingerprint density at radius 1 is 1.33 bits per heavy atom. The second-order valence-electron chi connectivity index (χ2n) is 4.88. The fourth-order valence-electron chi connectivity index (χ4n) is 2.36. The molecule has 112 valence electrons. The lowest BCUT2D eigenvalue weighted by atomic mass is 10.1. The fourth-order valence-corrected chi connectivity index (χ4v) is 3.74. The average Bonchev–Trinajstić information content (AvgIpc) is 2.75. The standard InChI is InChI=1S/C13H15BrN4O2S/c1-18-13(11-8-15-7-6-12(11)16-18)17-21(19,20)10-4-2-9(14)3-5-10/h2-5,15,17H,6-8H2,1H3. The number of fused-ring (bicyclic) bond motifs is 1. The van der Waals surface area contributed by atoms with Gasteiger partial charge < -0.3 is 5.32 Å². The molecule has 3 rings (SSSR count). The number of aryl methyl sites for hydroxylation is 1. The molecule has 6 nitrogen and oxygen atoms in total. The molecule has 0 amide bonds. The predicted octanol–water partition coefficient (Wildman–Crippen LogP) is 1.63. The lowest BCUT2D eigenvalue weighted by Gasteiger charge is -2.14. The third kappa shape index (κ3) is 2.83. The quantitative estimate of drug-likeness (QED) is 0.860. The Morgan fingerprint density at radius 2 is 2.05 bits per heavy atom. The molecule has 1 aliphatic rings. The number of rotatable bonds is 3. The van der Waals surface area contributed by atoms with E-state index in [0.29, 0.717) is 12.4 Å². The summed E-state index contributed by atoms with van der Waals surface area (Å²) >= 11 is 3.30. The molecule has 0 bridgehead atoms. The van der Waals surface area contributed by atoms with E-state index in [1.165, 1.54) is 0 Å². The van der Waals surface area contributed by atoms with E-state index in [2.05, 4.69) is 31.1 Å². The first-order valence-electron chi connectivity index (χ1n) is 6.51. The van der Waals surface area contributed by atoms with Crippen LogP contribution in [0.5, 0.6) is 0 Å². The summed E-state index contributed by atoms with van der Waals surface area (Å²) in [6.45, 7) is 1.49. The van der Waals surface area contributed by atoms with Gasteiger partial charge in [0, 0.05) is 36.6 Å². The number of hydrogen-bond donors (Lipinski definition) is 2. The van der Waals surface area contributed by atoms with Crippen molar-refractivity contribution in [3.63, 3.8) is 0 Å². The van der Waals surface area contributed by atoms with Crippen molar-refractivity contribution < 1.29 is 8.42 Å². The minimum absolute atomic E-state index is 0.226. The molecule has 0 radical (unpaired) electrons. The van der Waals surface area contributed by atoms with Gasteiger partial charge in [-0.05, 0) is 24.3 Å². The Labute approximate surface area is 131 Å². The molecule has 0 atom stereocenters. The molecular formula is C13H15BrN4O2S. The van der Waals surface area contributed by atoms with Crippen LogP contribution >= 0.6 is 15.9 Å². The summed E-state index contributed by atoms with van der Waals surface area (Å²) in [6, 6.07) is 6.53. The molecule has 1 aromatic heterocycles. The van der Waals surface area contributed by atoms with Crippen molar-refractivity contribution in [3.8, 4) is 0 Å². The van der Waals surface area contributed by atoms with Gasteiger partial charge in [0.05, 0.1) is 10.6 Å². The molecule has 1 aromatic carbocycles. The van der Waals surface area contributed by atoms with Crippen LogP contribution in [0.3, 0.4) is 0 Å². The summed E-state index contributed by atoms with van der Waals surface area (Å²) in [5.41, 5.74) is 1.87. The number of benzene rings is 1. The normalized spacial score (nSPS) is 14.8. The van der Waals surface area contributed by atoms with Gasteiger partial charge >= 0.3 is 0 Å². The minimum Gasteiger partial charge on any atom is -0.312 e. The zero-order chi connectivity index (χ0) is 15.0. The van der Waals surface area contributed by atoms with Crippen molar-refractivity contribution in [2.45, 2.75) is 17.9 Å². The van der Waals surface area contributed by atoms with Gasteiger partial charge in [0.25, 0.3) is 10.0 Å². The summed E-state index contributed by atoms with van der Waals surface area (Å²) < 4.78 is 30.0. The van der Waals surface area contributed by atoms with E-state index in [-0.39, 0.29) is 4.90 Å². The molecule has 2 N–H and O–H groups in total. The molecule has 0 spiro atoms. The van der Waals surface area contributed by atoms with Crippen LogP contribution < -0.4 is 10.0 Å². The molecular weight excluding hydrogens is 356 g/mol. The molecule has 8 heteroatoms. The van der Waals surface area contributed by atoms with Gasteiger partial charge in [0.15, 0.2) is 0 Å². The molecule has 0 unspecified atom stereocenters. The van der Waals surface area contributed by atoms with Crippen molar-refractivity contribution in [3.05, 3.63) is 40.0 Å². The van der Waals surface area contributed by atoms with Crippen LogP contribution in [-0.2, 0) is 30.0 Å². The van der Waals surface area contributed by atoms with Gasteiger partial charge in [-0.2, -0.15) is 5.10 Å². The predicted molar refractivity (Wildman–Crippen MR) is 83.6 cm³/mol. The van der Waals surface area contributed by atoms with E-state index in [4.69, 9.17) is 0 Å². The van der Waals surface area contributed by atoms with Crippen molar-refractivity contribution in [2.24, 2.45) is 7.05 Å². The van der Waals surface area contributed by atoms with E-state index >= 15 is 0 Å². The number of aromatic nitrogens is 2. The third-order valence-corrected chi connectivity index (χ3v) is 5.31. The van der Waals surface area contributed by atoms with Gasteiger partial charge in [-0.15, -0.1) is 0 Å². The topological polar surface area (TPSA) is 76.0 Å². The second-order valence-corrected chi connectivity index (χ2v) is 7.48. The Bertz CT molecular complexity index is 768. The minimum atomic E-state index is -3.62. The largest absolute Gasteiger partial charge is 0.312 e. The van der Waals surface area contributed by atoms with E-state index in [1.54, 1.807) is 36.0 Å². The lowest BCUT2D eigenvalue weighted by molar-refractivity contribution is 0.600. The van der Waals surface area contributed by atoms with Crippen LogP contribution in [0, 0.1) is 0 Å². The van der Waals surface area contributed by atoms with E-state index in [1.807, 2.05) is 0 Å². The highest BCUT2D eigenvalue weighted by atomic mass is 79.9. The smallest absolute Gasteiger partial charge is 0.263 e. The zero-order valence-corrected chi connectivity index (χ0v) is 13.8. The number of halogens is 1. The summed E-state index contributed by atoms with van der Waals surface area (Å²) in [6.07, 6.45) is 0.809. The number of sulfonamides is 1. The van der Waals surface area contributed by atoms with Crippen molar-refractivity contribution in [1.82, 2.24) is 15.1 Å². The SMILES string of the molecule is Cn1nc2c(c1NS(=O)(=O)c1ccc(Br)cc1)CNCC2. The van der Waals surface area contributed by atoms with Gasteiger partial charge in [0.2, 0.25) is 0 Å². The summed E-state index contributed by atoms with van der Waals surface area (Å²) in [5, 5.41) is 7.62. The van der Waals surface area contributed by atoms with Gasteiger partial charge in [-0.1, -0.05) is 15.9 Å². The highest BCUT2D eigenvalue weighted by Gasteiger charge is 2.23. The lowest BCUT2D eigenvalue weighted by Crippen LogP contribution is -2.24. The first kappa shape index (κ1) is 14.6. The molecule has 1 aliphatic heterocycles. The van der Waals surface area contributed by atoms with Crippen LogP contribution in [0.2, 0.25) is 0 Å². The molecule has 2 aromatic rings. The molecule has 0 saturated heterocycles. The van der Waals surface area contributed by atoms with Gasteiger partial charge in [0.1, 0.15) is 5.82 Å². The van der Waals surface area contributed by atoms with Crippen LogP contribution in [0.4, 0.5) is 5.82 Å². The van der Waals surface area contributed by atoms with Crippen LogP contribution in [0.25, 0.3) is 0 Å². The van der Waals surface area contributed by atoms with Crippen LogP contribution in [-0.4, -0.2) is 24.7 Å². The Hall–Kier alpha value is -1.38. The summed E-state index contributed by atoms with van der Waals surface area (Å²) in [4.78, 5) is 0.226. The van der Waals surface area contributed by atoms with E-state index in [9.17, 15) is 8.42 Å². The maximum Gasteiger partial charge on any atom is 0.263 e. The average molecular weight is 371 g/mol. The molecule has 0 fully saturated rings. The summed E-state index contributed by atoms with van der Waals surface area (Å²) in [5.74, 6) is 0.528. The summed E-state index contributed by atoms with van der Waals surface area (Å²) in [7, 11) is -1.87. The van der Waals surface area contributed by atoms with Crippen LogP contribution in [0.1, 0.15) is 11.3 Å². The number of nitrogens with zero attached hydrogens (tertiary/aromatic N) is 2. The monoisotopic (exact) mass is 370 g/mol. The first-order valence-corrected chi connectivity index (χ1v) is 8.79. The first-order chi connectivity index (χ1) is 9.97. The Morgan fingerprint density at radius 3 is 2.76 bits per heavy atom. The molecule has 0 saturated carbocycles. The fraction of sp³-hybridized carbons (Fsp3) is 0.308. The van der Waals surface area contributed by atoms with Crippen molar-refractivity contribution >= 4 is 31.8 Å². The number of nitrogens with one attached hydrogen (secondary N) is 2. The molecule has 2 heterocycles. The Kier molecular flexibility index (Phi) is 3.76. The highest BCUT2D eigenvalue weighted by Crippen LogP contribution is 2.25. The number of hydrogen-bond acceptors (Lipinski definition) is 4. The maximum absolute atomic E-state index is 12.5. The molecule has 21 heavy (non-hydrogen) atoms. The highest BCUT2D eigenvalue weighted by molar-refractivity contribution is 9.10. The van der Waals surface area contributed by atoms with Gasteiger partial charge in [-0.3, -0.25) is 9.40 Å². The Balaban J connectivity index is 1.96. The zero-order valence-electron chi connectivity index (χ0n) is 11.4. The van der Waals surface area contributed by atoms with E-state index in [0.717, 1.165) is 28.7 Å². The van der Waals surface area contributed by atoms with Gasteiger partial charge in [-0.25, -0.2) is 8.42 Å². The van der Waals surface area contributed by atoms with Crippen molar-refractivity contribution in [1.29, 1.82) is 0 Å². The third-order valence-electron chi connectivity index (χ3n) is 3.42. The second kappa shape index (κ2) is 5.43. The number of anilines is 1. The van der Waals surface area contributed by atoms with Crippen molar-refractivity contribution in [2.75, 3.05) is 11.3 Å².